The number of ether oxygens (including phenoxy) is 1. The molecule has 124 valence electrons. The summed E-state index contributed by atoms with van der Waals surface area (Å²) in [5.41, 5.74) is 2.77. The van der Waals surface area contributed by atoms with Crippen molar-refractivity contribution >= 4 is 24.0 Å². The van der Waals surface area contributed by atoms with Crippen molar-refractivity contribution < 1.29 is 24.2 Å². The quantitative estimate of drug-likeness (QED) is 0.279. The normalized spacial score (nSPS) is 10.3. The smallest absolute Gasteiger partial charge is 0.341 e. The Labute approximate surface area is 133 Å². The van der Waals surface area contributed by atoms with E-state index in [1.807, 2.05) is 6.92 Å². The van der Waals surface area contributed by atoms with Gasteiger partial charge in [0.25, 0.3) is 0 Å². The summed E-state index contributed by atoms with van der Waals surface area (Å²) in [5, 5.41) is 14.6. The third-order valence-corrected chi connectivity index (χ3v) is 2.64. The maximum Gasteiger partial charge on any atom is 0.341 e. The molecule has 0 aliphatic heterocycles. The van der Waals surface area contributed by atoms with Gasteiger partial charge in [-0.3, -0.25) is 9.59 Å². The molecule has 23 heavy (non-hydrogen) atoms. The molecule has 0 bridgehead atoms. The van der Waals surface area contributed by atoms with Crippen molar-refractivity contribution in [2.24, 2.45) is 5.10 Å². The van der Waals surface area contributed by atoms with Gasteiger partial charge in [0.15, 0.2) is 6.61 Å². The zero-order valence-electron chi connectivity index (χ0n) is 12.7. The van der Waals surface area contributed by atoms with Crippen LogP contribution in [0.15, 0.2) is 29.4 Å². The fourth-order valence-electron chi connectivity index (χ4n) is 1.47. The Hall–Kier alpha value is -2.90. The van der Waals surface area contributed by atoms with Crippen molar-refractivity contribution in [2.75, 3.05) is 13.2 Å². The van der Waals surface area contributed by atoms with E-state index in [0.717, 1.165) is 12.8 Å². The van der Waals surface area contributed by atoms with Gasteiger partial charge in [-0.15, -0.1) is 0 Å². The number of carboxylic acids is 1. The largest absolute Gasteiger partial charge is 0.482 e. The number of rotatable bonds is 8. The Bertz CT molecular complexity index is 569. The number of carbonyl (C=O) groups excluding carboxylic acids is 2. The van der Waals surface area contributed by atoms with E-state index in [9.17, 15) is 14.4 Å². The van der Waals surface area contributed by atoms with Gasteiger partial charge in [0.1, 0.15) is 5.75 Å². The molecule has 0 saturated heterocycles. The fourth-order valence-corrected chi connectivity index (χ4v) is 1.47. The highest BCUT2D eigenvalue weighted by molar-refractivity contribution is 6.35. The molecule has 1 aromatic carbocycles. The summed E-state index contributed by atoms with van der Waals surface area (Å²) in [6, 6.07) is 6.41. The number of nitrogens with one attached hydrogen (secondary N) is 2. The van der Waals surface area contributed by atoms with Gasteiger partial charge in [0.05, 0.1) is 6.21 Å². The van der Waals surface area contributed by atoms with E-state index in [2.05, 4.69) is 15.8 Å². The monoisotopic (exact) mass is 321 g/mol. The van der Waals surface area contributed by atoms with E-state index in [1.54, 1.807) is 24.3 Å². The van der Waals surface area contributed by atoms with Gasteiger partial charge >= 0.3 is 17.8 Å². The number of hydrazone groups is 1. The lowest BCUT2D eigenvalue weighted by atomic mass is 10.2. The average Bonchev–Trinajstić information content (AvgIpc) is 2.54. The molecule has 1 aromatic rings. The van der Waals surface area contributed by atoms with Crippen LogP contribution in [-0.4, -0.2) is 42.3 Å². The first-order valence-corrected chi connectivity index (χ1v) is 7.08. The fraction of sp³-hybridized carbons (Fsp3) is 0.333. The number of carboxylic acid groups (broad SMARTS) is 1. The molecule has 0 saturated carbocycles. The first kappa shape index (κ1) is 18.1. The van der Waals surface area contributed by atoms with Crippen LogP contribution in [0.5, 0.6) is 5.75 Å². The summed E-state index contributed by atoms with van der Waals surface area (Å²) in [6.07, 6.45) is 3.09. The number of hydrogen-bond donors (Lipinski definition) is 3. The van der Waals surface area contributed by atoms with Gasteiger partial charge in [0.2, 0.25) is 0 Å². The second-order valence-electron chi connectivity index (χ2n) is 4.56. The third kappa shape index (κ3) is 7.60. The van der Waals surface area contributed by atoms with Gasteiger partial charge in [-0.1, -0.05) is 13.3 Å². The van der Waals surface area contributed by atoms with Gasteiger partial charge in [-0.2, -0.15) is 5.10 Å². The van der Waals surface area contributed by atoms with Gasteiger partial charge in [0, 0.05) is 6.54 Å². The summed E-state index contributed by atoms with van der Waals surface area (Å²) < 4.78 is 4.98. The molecule has 0 atom stereocenters. The third-order valence-electron chi connectivity index (χ3n) is 2.64. The first-order valence-electron chi connectivity index (χ1n) is 7.08. The molecular formula is C15H19N3O5. The topological polar surface area (TPSA) is 117 Å². The highest BCUT2D eigenvalue weighted by Gasteiger charge is 2.10. The SMILES string of the molecule is CCCCNC(=O)C(=O)N/N=C\c1ccc(OCC(=O)O)cc1. The van der Waals surface area contributed by atoms with E-state index in [0.29, 0.717) is 17.9 Å². The van der Waals surface area contributed by atoms with Crippen molar-refractivity contribution in [3.05, 3.63) is 29.8 Å². The average molecular weight is 321 g/mol. The van der Waals surface area contributed by atoms with Gasteiger partial charge < -0.3 is 15.2 Å². The van der Waals surface area contributed by atoms with E-state index < -0.39 is 24.4 Å². The van der Waals surface area contributed by atoms with Crippen LogP contribution in [0.4, 0.5) is 0 Å². The molecule has 1 rings (SSSR count). The minimum Gasteiger partial charge on any atom is -0.482 e. The molecule has 3 N–H and O–H groups in total. The predicted octanol–water partition coefficient (Wildman–Crippen LogP) is 0.516. The van der Waals surface area contributed by atoms with E-state index in [1.165, 1.54) is 6.21 Å². The maximum absolute atomic E-state index is 11.4. The van der Waals surface area contributed by atoms with Crippen molar-refractivity contribution in [3.63, 3.8) is 0 Å². The number of benzene rings is 1. The van der Waals surface area contributed by atoms with Crippen LogP contribution >= 0.6 is 0 Å². The molecule has 0 unspecified atom stereocenters. The molecule has 0 aromatic heterocycles. The van der Waals surface area contributed by atoms with Crippen LogP contribution in [0.1, 0.15) is 25.3 Å². The number of aliphatic carboxylic acids is 1. The summed E-state index contributed by atoms with van der Waals surface area (Å²) in [6.45, 7) is 2.01. The van der Waals surface area contributed by atoms with Crippen LogP contribution in [0.3, 0.4) is 0 Å². The lowest BCUT2D eigenvalue weighted by Crippen LogP contribution is -2.38. The van der Waals surface area contributed by atoms with Crippen LogP contribution in [0.2, 0.25) is 0 Å². The maximum atomic E-state index is 11.4. The lowest BCUT2D eigenvalue weighted by Gasteiger charge is -2.03. The van der Waals surface area contributed by atoms with Crippen molar-refractivity contribution in [2.45, 2.75) is 19.8 Å². The minimum atomic E-state index is -1.06. The summed E-state index contributed by atoms with van der Waals surface area (Å²) in [5.74, 6) is -2.22. The van der Waals surface area contributed by atoms with Crippen LogP contribution in [0, 0.1) is 0 Å². The molecule has 8 nitrogen and oxygen atoms in total. The Morgan fingerprint density at radius 2 is 1.91 bits per heavy atom. The Kier molecular flexibility index (Phi) is 7.84. The second kappa shape index (κ2) is 9.93. The lowest BCUT2D eigenvalue weighted by molar-refractivity contribution is -0.139. The van der Waals surface area contributed by atoms with Crippen LogP contribution in [0.25, 0.3) is 0 Å². The number of carbonyl (C=O) groups is 3. The van der Waals surface area contributed by atoms with Crippen molar-refractivity contribution in [1.29, 1.82) is 0 Å². The molecule has 0 radical (unpaired) electrons. The molecule has 2 amide bonds. The summed E-state index contributed by atoms with van der Waals surface area (Å²) >= 11 is 0. The molecule has 8 heteroatoms. The zero-order valence-corrected chi connectivity index (χ0v) is 12.7. The minimum absolute atomic E-state index is 0.406. The number of amides is 2. The van der Waals surface area contributed by atoms with E-state index in [-0.39, 0.29) is 0 Å². The molecule has 0 spiro atoms. The van der Waals surface area contributed by atoms with Crippen molar-refractivity contribution in [1.82, 2.24) is 10.7 Å². The highest BCUT2D eigenvalue weighted by Crippen LogP contribution is 2.10. The number of unbranched alkanes of at least 4 members (excludes halogenated alkanes) is 1. The molecule has 0 aliphatic carbocycles. The number of hydrogen-bond acceptors (Lipinski definition) is 5. The Balaban J connectivity index is 2.40. The second-order valence-corrected chi connectivity index (χ2v) is 4.56. The van der Waals surface area contributed by atoms with Gasteiger partial charge in [-0.25, -0.2) is 10.2 Å². The van der Waals surface area contributed by atoms with E-state index in [4.69, 9.17) is 9.84 Å². The van der Waals surface area contributed by atoms with Crippen molar-refractivity contribution in [3.8, 4) is 5.75 Å². The zero-order chi connectivity index (χ0) is 17.1. The number of nitrogens with zero attached hydrogens (tertiary/aromatic N) is 1. The first-order chi connectivity index (χ1) is 11.0. The summed E-state index contributed by atoms with van der Waals surface area (Å²) in [4.78, 5) is 33.2. The predicted molar refractivity (Wildman–Crippen MR) is 83.2 cm³/mol. The molecule has 0 heterocycles. The highest BCUT2D eigenvalue weighted by atomic mass is 16.5. The van der Waals surface area contributed by atoms with Crippen LogP contribution < -0.4 is 15.5 Å². The Morgan fingerprint density at radius 1 is 1.22 bits per heavy atom. The summed E-state index contributed by atoms with van der Waals surface area (Å²) in [7, 11) is 0. The standard InChI is InChI=1S/C15H19N3O5/c1-2-3-8-16-14(21)15(22)18-17-9-11-4-6-12(7-5-11)23-10-13(19)20/h4-7,9H,2-3,8,10H2,1H3,(H,16,21)(H,18,22)(H,19,20)/b17-9-. The van der Waals surface area contributed by atoms with Gasteiger partial charge in [-0.05, 0) is 36.2 Å². The molecule has 0 fully saturated rings. The van der Waals surface area contributed by atoms with Crippen LogP contribution in [-0.2, 0) is 14.4 Å². The molecule has 0 aliphatic rings. The molecular weight excluding hydrogens is 302 g/mol. The van der Waals surface area contributed by atoms with E-state index >= 15 is 0 Å². The Morgan fingerprint density at radius 3 is 2.52 bits per heavy atom.